The van der Waals surface area contributed by atoms with E-state index < -0.39 is 0 Å². The van der Waals surface area contributed by atoms with E-state index in [0.29, 0.717) is 18.8 Å². The Morgan fingerprint density at radius 2 is 1.89 bits per heavy atom. The zero-order valence-corrected chi connectivity index (χ0v) is 16.1. The molecular formula is C19H23N7O2. The van der Waals surface area contributed by atoms with E-state index in [4.69, 9.17) is 0 Å². The van der Waals surface area contributed by atoms with Gasteiger partial charge < -0.3 is 10.6 Å². The minimum atomic E-state index is -0.332. The summed E-state index contributed by atoms with van der Waals surface area (Å²) in [5.74, 6) is 0. The number of anilines is 1. The Kier molecular flexibility index (Phi) is 5.83. The predicted molar refractivity (Wildman–Crippen MR) is 106 cm³/mol. The van der Waals surface area contributed by atoms with E-state index in [1.807, 2.05) is 38.1 Å². The lowest BCUT2D eigenvalue weighted by molar-refractivity contribution is 0.251. The maximum atomic E-state index is 12.3. The van der Waals surface area contributed by atoms with Gasteiger partial charge in [-0.25, -0.2) is 9.59 Å². The van der Waals surface area contributed by atoms with Gasteiger partial charge in [0.25, 0.3) is 0 Å². The normalized spacial score (nSPS) is 10.7. The Balaban J connectivity index is 1.65. The second-order valence-corrected chi connectivity index (χ2v) is 6.42. The fraction of sp³-hybridized carbons (Fsp3) is 0.316. The SMILES string of the molecule is CCc1ccc(-n2cnnc2)cc1NC(=O)NCCn1c(C)cc(C)nc1=O. The molecule has 0 fully saturated rings. The average Bonchev–Trinajstić information content (AvgIpc) is 3.18. The highest BCUT2D eigenvalue weighted by molar-refractivity contribution is 5.90. The summed E-state index contributed by atoms with van der Waals surface area (Å²) in [6.07, 6.45) is 3.97. The standard InChI is InChI=1S/C19H23N7O2/c1-4-15-5-6-16(25-11-21-22-12-25)10-17(15)24-18(27)20-7-8-26-14(3)9-13(2)23-19(26)28/h5-6,9-12H,4,7-8H2,1-3H3,(H2,20,24,27). The molecule has 0 spiro atoms. The van der Waals surface area contributed by atoms with Crippen LogP contribution in [0.25, 0.3) is 5.69 Å². The molecule has 0 bridgehead atoms. The maximum absolute atomic E-state index is 12.3. The molecule has 0 saturated heterocycles. The van der Waals surface area contributed by atoms with E-state index in [1.165, 1.54) is 4.57 Å². The zero-order valence-electron chi connectivity index (χ0n) is 16.1. The van der Waals surface area contributed by atoms with Crippen molar-refractivity contribution in [2.75, 3.05) is 11.9 Å². The summed E-state index contributed by atoms with van der Waals surface area (Å²) < 4.78 is 3.31. The van der Waals surface area contributed by atoms with Crippen LogP contribution in [0.1, 0.15) is 23.9 Å². The molecular weight excluding hydrogens is 358 g/mol. The van der Waals surface area contributed by atoms with Gasteiger partial charge in [-0.2, -0.15) is 4.98 Å². The van der Waals surface area contributed by atoms with Gasteiger partial charge >= 0.3 is 11.7 Å². The lowest BCUT2D eigenvalue weighted by atomic mass is 10.1. The van der Waals surface area contributed by atoms with Crippen LogP contribution in [0.5, 0.6) is 0 Å². The van der Waals surface area contributed by atoms with Crippen molar-refractivity contribution in [3.05, 3.63) is 64.4 Å². The first-order chi connectivity index (χ1) is 13.5. The van der Waals surface area contributed by atoms with Crippen molar-refractivity contribution in [2.45, 2.75) is 33.7 Å². The molecule has 3 rings (SSSR count). The molecule has 9 nitrogen and oxygen atoms in total. The van der Waals surface area contributed by atoms with Crippen LogP contribution in [-0.2, 0) is 13.0 Å². The highest BCUT2D eigenvalue weighted by Crippen LogP contribution is 2.20. The first-order valence-electron chi connectivity index (χ1n) is 9.05. The molecule has 2 aromatic heterocycles. The molecule has 0 radical (unpaired) electrons. The van der Waals surface area contributed by atoms with E-state index in [9.17, 15) is 9.59 Å². The van der Waals surface area contributed by atoms with Crippen LogP contribution in [-0.4, -0.2) is 36.9 Å². The monoisotopic (exact) mass is 381 g/mol. The van der Waals surface area contributed by atoms with E-state index in [0.717, 1.165) is 29.1 Å². The van der Waals surface area contributed by atoms with Gasteiger partial charge in [0.05, 0.1) is 5.69 Å². The summed E-state index contributed by atoms with van der Waals surface area (Å²) in [7, 11) is 0. The van der Waals surface area contributed by atoms with Crippen LogP contribution in [0.3, 0.4) is 0 Å². The molecule has 0 aliphatic heterocycles. The van der Waals surface area contributed by atoms with Gasteiger partial charge in [0.2, 0.25) is 0 Å². The molecule has 28 heavy (non-hydrogen) atoms. The number of aryl methyl sites for hydroxylation is 3. The van der Waals surface area contributed by atoms with Crippen LogP contribution >= 0.6 is 0 Å². The second kappa shape index (κ2) is 8.47. The number of benzene rings is 1. The van der Waals surface area contributed by atoms with Crippen LogP contribution in [0.4, 0.5) is 10.5 Å². The van der Waals surface area contributed by atoms with E-state index in [2.05, 4.69) is 25.8 Å². The summed E-state index contributed by atoms with van der Waals surface area (Å²) in [4.78, 5) is 28.2. The lowest BCUT2D eigenvalue weighted by Gasteiger charge is -2.14. The number of urea groups is 1. The average molecular weight is 381 g/mol. The summed E-state index contributed by atoms with van der Waals surface area (Å²) in [6, 6.07) is 7.30. The Bertz CT molecular complexity index is 1030. The number of hydrogen-bond donors (Lipinski definition) is 2. The Morgan fingerprint density at radius 1 is 1.14 bits per heavy atom. The molecule has 2 N–H and O–H groups in total. The number of nitrogens with zero attached hydrogens (tertiary/aromatic N) is 5. The Morgan fingerprint density at radius 3 is 2.57 bits per heavy atom. The largest absolute Gasteiger partial charge is 0.348 e. The van der Waals surface area contributed by atoms with Crippen molar-refractivity contribution >= 4 is 11.7 Å². The smallest absolute Gasteiger partial charge is 0.336 e. The van der Waals surface area contributed by atoms with Gasteiger partial charge in [0.1, 0.15) is 12.7 Å². The Hall–Kier alpha value is -3.49. The van der Waals surface area contributed by atoms with Gasteiger partial charge in [-0.15, -0.1) is 10.2 Å². The maximum Gasteiger partial charge on any atom is 0.348 e. The van der Waals surface area contributed by atoms with E-state index in [1.54, 1.807) is 24.1 Å². The third-order valence-corrected chi connectivity index (χ3v) is 4.41. The summed E-state index contributed by atoms with van der Waals surface area (Å²) in [5, 5.41) is 13.3. The molecule has 0 aliphatic carbocycles. The highest BCUT2D eigenvalue weighted by atomic mass is 16.2. The van der Waals surface area contributed by atoms with Gasteiger partial charge in [0.15, 0.2) is 0 Å². The van der Waals surface area contributed by atoms with Crippen molar-refractivity contribution in [3.8, 4) is 5.69 Å². The zero-order chi connectivity index (χ0) is 20.1. The molecule has 9 heteroatoms. The summed E-state index contributed by atoms with van der Waals surface area (Å²) in [5.41, 5.74) is 3.78. The number of rotatable bonds is 6. The van der Waals surface area contributed by atoms with Crippen molar-refractivity contribution < 1.29 is 4.79 Å². The van der Waals surface area contributed by atoms with Crippen LogP contribution in [0, 0.1) is 13.8 Å². The van der Waals surface area contributed by atoms with Gasteiger partial charge in [-0.3, -0.25) is 9.13 Å². The predicted octanol–water partition coefficient (Wildman–Crippen LogP) is 1.82. The van der Waals surface area contributed by atoms with Crippen molar-refractivity contribution in [2.24, 2.45) is 0 Å². The minimum Gasteiger partial charge on any atom is -0.336 e. The molecule has 3 aromatic rings. The number of amides is 2. The third kappa shape index (κ3) is 4.43. The van der Waals surface area contributed by atoms with Crippen LogP contribution in [0.15, 0.2) is 41.7 Å². The van der Waals surface area contributed by atoms with Crippen molar-refractivity contribution in [1.29, 1.82) is 0 Å². The molecule has 0 atom stereocenters. The molecule has 0 saturated carbocycles. The Labute approximate surface area is 162 Å². The van der Waals surface area contributed by atoms with Gasteiger partial charge in [0, 0.05) is 30.2 Å². The second-order valence-electron chi connectivity index (χ2n) is 6.42. The number of hydrogen-bond acceptors (Lipinski definition) is 5. The molecule has 1 aromatic carbocycles. The summed E-state index contributed by atoms with van der Waals surface area (Å²) in [6.45, 7) is 6.32. The molecule has 0 unspecified atom stereocenters. The number of nitrogens with one attached hydrogen (secondary N) is 2. The minimum absolute atomic E-state index is 0.309. The van der Waals surface area contributed by atoms with Gasteiger partial charge in [-0.1, -0.05) is 13.0 Å². The molecule has 2 amide bonds. The quantitative estimate of drug-likeness (QED) is 0.677. The topological polar surface area (TPSA) is 107 Å². The first kappa shape index (κ1) is 19.3. The van der Waals surface area contributed by atoms with Crippen LogP contribution in [0.2, 0.25) is 0 Å². The van der Waals surface area contributed by atoms with Gasteiger partial charge in [-0.05, 0) is 44.0 Å². The van der Waals surface area contributed by atoms with E-state index >= 15 is 0 Å². The number of carbonyl (C=O) groups is 1. The third-order valence-electron chi connectivity index (χ3n) is 4.41. The van der Waals surface area contributed by atoms with Crippen LogP contribution < -0.4 is 16.3 Å². The van der Waals surface area contributed by atoms with Crippen molar-refractivity contribution in [3.63, 3.8) is 0 Å². The molecule has 2 heterocycles. The molecule has 0 aliphatic rings. The first-order valence-corrected chi connectivity index (χ1v) is 9.05. The fourth-order valence-electron chi connectivity index (χ4n) is 2.98. The highest BCUT2D eigenvalue weighted by Gasteiger charge is 2.09. The van der Waals surface area contributed by atoms with E-state index in [-0.39, 0.29) is 11.7 Å². The number of aromatic nitrogens is 5. The fourth-order valence-corrected chi connectivity index (χ4v) is 2.98. The van der Waals surface area contributed by atoms with Crippen molar-refractivity contribution in [1.82, 2.24) is 29.6 Å². The number of carbonyl (C=O) groups excluding carboxylic acids is 1. The lowest BCUT2D eigenvalue weighted by Crippen LogP contribution is -2.35. The summed E-state index contributed by atoms with van der Waals surface area (Å²) >= 11 is 0. The molecule has 146 valence electrons.